The number of rotatable bonds is 8. The summed E-state index contributed by atoms with van der Waals surface area (Å²) in [5.41, 5.74) is 3.56. The van der Waals surface area contributed by atoms with Crippen molar-refractivity contribution in [2.24, 2.45) is 11.8 Å². The minimum atomic E-state index is -3.23. The first kappa shape index (κ1) is 19.5. The van der Waals surface area contributed by atoms with Crippen molar-refractivity contribution in [2.75, 3.05) is 30.1 Å². The number of anilines is 1. The van der Waals surface area contributed by atoms with Gasteiger partial charge in [-0.05, 0) is 61.4 Å². The van der Waals surface area contributed by atoms with Gasteiger partial charge in [-0.15, -0.1) is 0 Å². The fraction of sp³-hybridized carbons (Fsp3) is 0.478. The zero-order valence-corrected chi connectivity index (χ0v) is 17.6. The number of fused-ring (bicyclic) bond motifs is 1. The highest BCUT2D eigenvalue weighted by Crippen LogP contribution is 2.63. The molecule has 1 aliphatic carbocycles. The fourth-order valence-corrected chi connectivity index (χ4v) is 5.52. The van der Waals surface area contributed by atoms with Crippen LogP contribution in [0.25, 0.3) is 0 Å². The third-order valence-corrected chi connectivity index (χ3v) is 8.05. The molecular formula is C23H30N2O2S. The van der Waals surface area contributed by atoms with Crippen LogP contribution in [0, 0.1) is 11.8 Å². The lowest BCUT2D eigenvalue weighted by atomic mass is 9.92. The zero-order chi connectivity index (χ0) is 19.8. The van der Waals surface area contributed by atoms with Crippen LogP contribution in [-0.2, 0) is 21.9 Å². The van der Waals surface area contributed by atoms with E-state index in [4.69, 9.17) is 0 Å². The average Bonchev–Trinajstić information content (AvgIpc) is 3.03. The lowest BCUT2D eigenvalue weighted by Gasteiger charge is -2.24. The van der Waals surface area contributed by atoms with Gasteiger partial charge < -0.3 is 4.90 Å². The maximum atomic E-state index is 11.9. The Morgan fingerprint density at radius 2 is 1.79 bits per heavy atom. The highest BCUT2D eigenvalue weighted by molar-refractivity contribution is 7.92. The van der Waals surface area contributed by atoms with Gasteiger partial charge in [0.25, 0.3) is 0 Å². The monoisotopic (exact) mass is 398 g/mol. The molecule has 4 nitrogen and oxygen atoms in total. The predicted octanol–water partition coefficient (Wildman–Crippen LogP) is 3.90. The Bertz CT molecular complexity index is 915. The summed E-state index contributed by atoms with van der Waals surface area (Å²) in [6.45, 7) is 7.47. The van der Waals surface area contributed by atoms with Crippen LogP contribution in [0.2, 0.25) is 0 Å². The van der Waals surface area contributed by atoms with Crippen LogP contribution in [0.1, 0.15) is 31.4 Å². The summed E-state index contributed by atoms with van der Waals surface area (Å²) in [6.07, 6.45) is 2.35. The van der Waals surface area contributed by atoms with Gasteiger partial charge in [-0.2, -0.15) is 0 Å². The predicted molar refractivity (Wildman–Crippen MR) is 115 cm³/mol. The molecule has 1 N–H and O–H groups in total. The fourth-order valence-electron chi connectivity index (χ4n) is 4.89. The number of sulfonamides is 1. The Kier molecular flexibility index (Phi) is 5.23. The van der Waals surface area contributed by atoms with Crippen molar-refractivity contribution < 1.29 is 8.42 Å². The van der Waals surface area contributed by atoms with E-state index < -0.39 is 10.0 Å². The van der Waals surface area contributed by atoms with E-state index in [1.165, 1.54) is 17.5 Å². The van der Waals surface area contributed by atoms with E-state index in [0.29, 0.717) is 17.5 Å². The largest absolute Gasteiger partial charge is 0.303 e. The maximum Gasteiger partial charge on any atom is 0.232 e. The van der Waals surface area contributed by atoms with Crippen LogP contribution in [-0.4, -0.2) is 38.7 Å². The van der Waals surface area contributed by atoms with Gasteiger partial charge >= 0.3 is 0 Å². The van der Waals surface area contributed by atoms with Crippen LogP contribution < -0.4 is 4.72 Å². The standard InChI is InChI=1S/C23H30N2O2S/c1-3-28(26,27)24-20-13-7-12-19(15-20)23(2)21-16-25(17-22(21)23)14-8-11-18-9-5-4-6-10-18/h4-7,9-10,12-13,15,21-22,24H,3,8,11,14,16-17H2,1-2H3/t21-,22+,23?. The lowest BCUT2D eigenvalue weighted by Crippen LogP contribution is -2.30. The number of hydrogen-bond acceptors (Lipinski definition) is 3. The molecule has 2 aromatic carbocycles. The molecule has 0 aromatic heterocycles. The molecule has 3 atom stereocenters. The molecule has 5 heteroatoms. The second-order valence-corrected chi connectivity index (χ2v) is 10.4. The summed E-state index contributed by atoms with van der Waals surface area (Å²) < 4.78 is 26.4. The summed E-state index contributed by atoms with van der Waals surface area (Å²) in [5, 5.41) is 0. The van der Waals surface area contributed by atoms with E-state index in [1.807, 2.05) is 18.2 Å². The molecule has 0 amide bonds. The number of nitrogens with one attached hydrogen (secondary N) is 1. The molecule has 28 heavy (non-hydrogen) atoms. The molecule has 1 unspecified atom stereocenters. The molecule has 150 valence electrons. The van der Waals surface area contributed by atoms with Gasteiger partial charge in [0.15, 0.2) is 0 Å². The Labute approximate surface area is 169 Å². The third-order valence-electron chi connectivity index (χ3n) is 6.75. The molecule has 0 spiro atoms. The number of hydrogen-bond donors (Lipinski definition) is 1. The van der Waals surface area contributed by atoms with E-state index >= 15 is 0 Å². The van der Waals surface area contributed by atoms with Crippen LogP contribution >= 0.6 is 0 Å². The molecule has 1 aliphatic heterocycles. The smallest absolute Gasteiger partial charge is 0.232 e. The quantitative estimate of drug-likeness (QED) is 0.734. The topological polar surface area (TPSA) is 49.4 Å². The molecule has 2 aromatic rings. The molecule has 1 saturated heterocycles. The Balaban J connectivity index is 1.33. The van der Waals surface area contributed by atoms with Gasteiger partial charge in [0, 0.05) is 24.2 Å². The van der Waals surface area contributed by atoms with Gasteiger partial charge in [0.1, 0.15) is 0 Å². The van der Waals surface area contributed by atoms with Crippen molar-refractivity contribution in [1.82, 2.24) is 4.90 Å². The van der Waals surface area contributed by atoms with Gasteiger partial charge in [-0.25, -0.2) is 8.42 Å². The van der Waals surface area contributed by atoms with Crippen molar-refractivity contribution >= 4 is 15.7 Å². The van der Waals surface area contributed by atoms with Gasteiger partial charge in [-0.1, -0.05) is 49.4 Å². The van der Waals surface area contributed by atoms with Crippen LogP contribution in [0.3, 0.4) is 0 Å². The van der Waals surface area contributed by atoms with Crippen molar-refractivity contribution in [2.45, 2.75) is 32.1 Å². The van der Waals surface area contributed by atoms with E-state index in [1.54, 1.807) is 6.92 Å². The van der Waals surface area contributed by atoms with Crippen molar-refractivity contribution in [3.63, 3.8) is 0 Å². The number of likely N-dealkylation sites (tertiary alicyclic amines) is 1. The first-order valence-corrected chi connectivity index (χ1v) is 11.9. The van der Waals surface area contributed by atoms with Crippen LogP contribution in [0.5, 0.6) is 0 Å². The van der Waals surface area contributed by atoms with Crippen molar-refractivity contribution in [3.8, 4) is 0 Å². The van der Waals surface area contributed by atoms with Crippen molar-refractivity contribution in [3.05, 3.63) is 65.7 Å². The van der Waals surface area contributed by atoms with Gasteiger partial charge in [0.2, 0.25) is 10.0 Å². The second kappa shape index (κ2) is 7.53. The Morgan fingerprint density at radius 1 is 1.07 bits per heavy atom. The number of benzene rings is 2. The molecule has 2 aliphatic rings. The molecule has 2 fully saturated rings. The van der Waals surface area contributed by atoms with E-state index in [0.717, 1.165) is 26.1 Å². The summed E-state index contributed by atoms with van der Waals surface area (Å²) in [6, 6.07) is 18.7. The first-order chi connectivity index (χ1) is 13.4. The van der Waals surface area contributed by atoms with Crippen molar-refractivity contribution in [1.29, 1.82) is 0 Å². The normalized spacial score (nSPS) is 26.8. The Hall–Kier alpha value is -1.85. The minimum absolute atomic E-state index is 0.0949. The number of aryl methyl sites for hydroxylation is 1. The SMILES string of the molecule is CCS(=O)(=O)Nc1cccc(C2(C)[C@@H]3CN(CCCc4ccccc4)C[C@@H]32)c1. The van der Waals surface area contributed by atoms with E-state index in [9.17, 15) is 8.42 Å². The summed E-state index contributed by atoms with van der Waals surface area (Å²) in [5.74, 6) is 1.46. The van der Waals surface area contributed by atoms with Gasteiger partial charge in [-0.3, -0.25) is 4.72 Å². The van der Waals surface area contributed by atoms with Gasteiger partial charge in [0.05, 0.1) is 5.75 Å². The Morgan fingerprint density at radius 3 is 2.46 bits per heavy atom. The summed E-state index contributed by atoms with van der Waals surface area (Å²) in [4.78, 5) is 2.60. The summed E-state index contributed by atoms with van der Waals surface area (Å²) in [7, 11) is -3.23. The molecule has 0 radical (unpaired) electrons. The minimum Gasteiger partial charge on any atom is -0.303 e. The van der Waals surface area contributed by atoms with E-state index in [2.05, 4.69) is 52.9 Å². The number of nitrogens with zero attached hydrogens (tertiary/aromatic N) is 1. The molecule has 4 rings (SSSR count). The first-order valence-electron chi connectivity index (χ1n) is 10.3. The molecule has 1 saturated carbocycles. The highest BCUT2D eigenvalue weighted by Gasteiger charge is 2.65. The molecular weight excluding hydrogens is 368 g/mol. The van der Waals surface area contributed by atoms with E-state index in [-0.39, 0.29) is 11.2 Å². The highest BCUT2D eigenvalue weighted by atomic mass is 32.2. The molecule has 0 bridgehead atoms. The summed E-state index contributed by atoms with van der Waals surface area (Å²) >= 11 is 0. The third kappa shape index (κ3) is 3.83. The number of piperidine rings is 1. The maximum absolute atomic E-state index is 11.9. The van der Waals surface area contributed by atoms with Crippen LogP contribution in [0.4, 0.5) is 5.69 Å². The second-order valence-electron chi connectivity index (χ2n) is 8.43. The zero-order valence-electron chi connectivity index (χ0n) is 16.8. The molecule has 1 heterocycles. The van der Waals surface area contributed by atoms with Crippen LogP contribution in [0.15, 0.2) is 54.6 Å². The lowest BCUT2D eigenvalue weighted by molar-refractivity contribution is 0.274. The average molecular weight is 399 g/mol.